The number of carbonyl (C=O) groups excluding carboxylic acids is 3. The first-order valence-electron chi connectivity index (χ1n) is 37.9. The third-order valence-electron chi connectivity index (χ3n) is 22.0. The molecule has 0 spiro atoms. The Morgan fingerprint density at radius 2 is 0.508 bits per heavy atom. The smallest absolute Gasteiger partial charge is 0.217 e. The molecule has 0 radical (unpaired) electrons. The van der Waals surface area contributed by atoms with Crippen molar-refractivity contribution in [2.75, 3.05) is 52.9 Å². The predicted octanol–water partition coefficient (Wildman–Crippen LogP) is -20.3. The van der Waals surface area contributed by atoms with Gasteiger partial charge in [-0.05, 0) is 13.8 Å². The second kappa shape index (κ2) is 41.8. The molecule has 684 valence electrons. The first kappa shape index (κ1) is 96.8. The lowest BCUT2D eigenvalue weighted by Crippen LogP contribution is -2.72. The Labute approximate surface area is 668 Å². The van der Waals surface area contributed by atoms with E-state index < -0.39 is 377 Å². The molecule has 0 aliphatic carbocycles. The van der Waals surface area contributed by atoms with Crippen LogP contribution in [-0.4, -0.2) is 515 Å². The standard InChI is InChI=1S/C66H111N3O49/c1-14-30(80)37(87)43(93)61(101-14)113-52-25(12-76)109-60(29(69-18(5)79)54(52)116-64-46(96)40(90)33(83)20(7-71)105-64)118-55-34(84)21(8-72)106-65(47(55)97)114-51-24(11-75)107-58(28(68-17(4)78)53(51)115-62-44(94)38(88)31(81)15(2)102-62)100-13-26-35(85)56(48(98)66(110-26)112-50-22(9-73)103-57(99)42(92)41(50)91)117-59-27(67-16(3)77)36(86)49(23(10-74)108-59)111-63-45(95)39(89)32(82)19(6-70)104-63/h14-15,19-66,70-76,80-99H,6-13H2,1-5H3,(H,67,77)(H,68,78)(H,69,79)/t14-,15-,19+,20+,21+,22+,23+,24+,25+,26+,27+,28+,29+,30+,31+,32-,33-,34-,35-,36+,37+,38+,39-,40-,41+,42+,43-,44-,45+,46+,47+,48+,49+,50+,51+,52+,53+,54+,55-,56-,57?,58+,59-,60-,61-,62-,63-,64-,65-,66-/m0/s1. The molecule has 0 bridgehead atoms. The minimum absolute atomic E-state index is 0.918. The number of aliphatic hydroxyl groups excluding tert-OH is 27. The van der Waals surface area contributed by atoms with Crippen molar-refractivity contribution in [3.05, 3.63) is 0 Å². The predicted molar refractivity (Wildman–Crippen MR) is 362 cm³/mol. The number of carbonyl (C=O) groups is 3. The lowest BCUT2D eigenvalue weighted by atomic mass is 9.93. The number of hydrogen-bond acceptors (Lipinski definition) is 49. The molecule has 10 aliphatic rings. The number of ether oxygens (including phenoxy) is 19. The molecule has 10 saturated heterocycles. The summed E-state index contributed by atoms with van der Waals surface area (Å²) in [5, 5.41) is 306. The maximum absolute atomic E-state index is 13.7. The van der Waals surface area contributed by atoms with Crippen LogP contribution in [0.5, 0.6) is 0 Å². The van der Waals surface area contributed by atoms with E-state index >= 15 is 0 Å². The molecular formula is C66H111N3O49. The van der Waals surface area contributed by atoms with E-state index in [9.17, 15) is 152 Å². The van der Waals surface area contributed by atoms with Crippen molar-refractivity contribution in [3.63, 3.8) is 0 Å². The minimum atomic E-state index is -2.50. The van der Waals surface area contributed by atoms with Crippen LogP contribution in [0.4, 0.5) is 0 Å². The fourth-order valence-corrected chi connectivity index (χ4v) is 15.4. The van der Waals surface area contributed by atoms with Crippen LogP contribution in [0.2, 0.25) is 0 Å². The summed E-state index contributed by atoms with van der Waals surface area (Å²) < 4.78 is 114. The first-order valence-corrected chi connectivity index (χ1v) is 37.9. The van der Waals surface area contributed by atoms with Crippen LogP contribution >= 0.6 is 0 Å². The quantitative estimate of drug-likeness (QED) is 0.0331. The Morgan fingerprint density at radius 1 is 0.237 bits per heavy atom. The van der Waals surface area contributed by atoms with Crippen LogP contribution in [0, 0.1) is 0 Å². The molecule has 30 N–H and O–H groups in total. The summed E-state index contributed by atoms with van der Waals surface area (Å²) in [7, 11) is 0. The average Bonchev–Trinajstić information content (AvgIpc) is 0.762. The normalized spacial score (nSPS) is 51.1. The van der Waals surface area contributed by atoms with Crippen LogP contribution < -0.4 is 16.0 Å². The van der Waals surface area contributed by atoms with Crippen molar-refractivity contribution in [2.45, 2.75) is 341 Å². The van der Waals surface area contributed by atoms with Gasteiger partial charge in [-0.15, -0.1) is 0 Å². The SMILES string of the molecule is CC(=O)N[C@H]1[C@H](O[C@H]2[C@@H](O)[C@@H](CO[C@@H]3O[C@H](CO)[C@@H](O[C@@H]4O[C@H](CO)[C@H](O)[C@H](O[C@@H]5O[C@H](CO)[C@@H](O[C@@H]6O[C@@H](C)[C@@H](O)[C@@H](O)[C@@H]6O)[C@H](O[C@@H]6O[C@H](CO)[C@H](O)[C@H](O)[C@H]6O)[C@H]5NC(C)=O)[C@H]4O)[C@H](O[C@@H]4O[C@@H](C)[C@@H](O)[C@@H](O)[C@@H]4O)[C@H]3NC(C)=O)O[C@@H](O[C@H]3[C@H](O)[C@@H](O)C(O)O[C@@H]3CO)[C@@H]2O)O[C@H](CO)[C@@H](O[C@@H]2O[C@H](CO)[C@H](O)[C@H](O)[C@H]2O)[C@@H]1O. The Balaban J connectivity index is 0.975. The van der Waals surface area contributed by atoms with E-state index in [-0.39, 0.29) is 0 Å². The molecular weight excluding hydrogens is 1620 g/mol. The van der Waals surface area contributed by atoms with Gasteiger partial charge in [0.1, 0.15) is 232 Å². The van der Waals surface area contributed by atoms with Gasteiger partial charge in [-0.2, -0.15) is 0 Å². The summed E-state index contributed by atoms with van der Waals surface area (Å²) in [6.45, 7) is -3.73. The molecule has 0 saturated carbocycles. The third kappa shape index (κ3) is 20.8. The Hall–Kier alpha value is -3.43. The zero-order valence-corrected chi connectivity index (χ0v) is 63.6. The van der Waals surface area contributed by atoms with Gasteiger partial charge in [-0.1, -0.05) is 0 Å². The number of aliphatic hydroxyl groups is 27. The van der Waals surface area contributed by atoms with E-state index in [1.807, 2.05) is 0 Å². The van der Waals surface area contributed by atoms with Gasteiger partial charge in [0, 0.05) is 20.8 Å². The Bertz CT molecular complexity index is 3140. The van der Waals surface area contributed by atoms with E-state index in [1.54, 1.807) is 0 Å². The summed E-state index contributed by atoms with van der Waals surface area (Å²) >= 11 is 0. The Kier molecular flexibility index (Phi) is 34.3. The number of rotatable bonds is 29. The molecule has 0 aromatic carbocycles. The molecule has 0 aromatic rings. The Morgan fingerprint density at radius 3 is 0.907 bits per heavy atom. The molecule has 52 heteroatoms. The number of hydrogen-bond donors (Lipinski definition) is 30. The second-order valence-corrected chi connectivity index (χ2v) is 30.2. The average molecular weight is 1730 g/mol. The van der Waals surface area contributed by atoms with Crippen LogP contribution in [0.1, 0.15) is 34.6 Å². The third-order valence-corrected chi connectivity index (χ3v) is 22.0. The van der Waals surface area contributed by atoms with E-state index in [0.717, 1.165) is 20.8 Å². The van der Waals surface area contributed by atoms with Crippen molar-refractivity contribution in [1.29, 1.82) is 0 Å². The molecule has 10 rings (SSSR count). The van der Waals surface area contributed by atoms with Gasteiger partial charge in [0.05, 0.1) is 65.1 Å². The highest BCUT2D eigenvalue weighted by atomic mass is 16.8. The van der Waals surface area contributed by atoms with E-state index in [2.05, 4.69) is 16.0 Å². The summed E-state index contributed by atoms with van der Waals surface area (Å²) in [6.07, 6.45) is -96.6. The van der Waals surface area contributed by atoms with Crippen molar-refractivity contribution in [1.82, 2.24) is 16.0 Å². The van der Waals surface area contributed by atoms with E-state index in [4.69, 9.17) is 90.0 Å². The lowest BCUT2D eigenvalue weighted by Gasteiger charge is -2.52. The monoisotopic (exact) mass is 1730 g/mol. The van der Waals surface area contributed by atoms with Gasteiger partial charge in [0.2, 0.25) is 17.7 Å². The van der Waals surface area contributed by atoms with Crippen LogP contribution in [-0.2, 0) is 104 Å². The van der Waals surface area contributed by atoms with Gasteiger partial charge in [-0.3, -0.25) is 14.4 Å². The largest absolute Gasteiger partial charge is 0.394 e. The van der Waals surface area contributed by atoms with Gasteiger partial charge < -0.3 is 244 Å². The highest BCUT2D eigenvalue weighted by Gasteiger charge is 2.62. The maximum atomic E-state index is 13.7. The molecule has 50 atom stereocenters. The topological polar surface area (TPSA) is 809 Å². The molecule has 52 nitrogen and oxygen atoms in total. The number of nitrogens with one attached hydrogen (secondary N) is 3. The van der Waals surface area contributed by atoms with Crippen molar-refractivity contribution in [3.8, 4) is 0 Å². The van der Waals surface area contributed by atoms with Crippen LogP contribution in [0.3, 0.4) is 0 Å². The van der Waals surface area contributed by atoms with Crippen LogP contribution in [0.25, 0.3) is 0 Å². The van der Waals surface area contributed by atoms with Gasteiger partial charge >= 0.3 is 0 Å². The molecule has 118 heavy (non-hydrogen) atoms. The first-order chi connectivity index (χ1) is 55.8. The molecule has 10 fully saturated rings. The van der Waals surface area contributed by atoms with E-state index in [0.29, 0.717) is 0 Å². The molecule has 10 aliphatic heterocycles. The number of amides is 3. The zero-order chi connectivity index (χ0) is 86.8. The van der Waals surface area contributed by atoms with Crippen molar-refractivity contribution in [2.24, 2.45) is 0 Å². The van der Waals surface area contributed by atoms with Gasteiger partial charge in [0.15, 0.2) is 62.9 Å². The van der Waals surface area contributed by atoms with Crippen molar-refractivity contribution >= 4 is 17.7 Å². The molecule has 10 heterocycles. The van der Waals surface area contributed by atoms with Crippen molar-refractivity contribution < 1.29 is 242 Å². The van der Waals surface area contributed by atoms with Gasteiger partial charge in [-0.25, -0.2) is 0 Å². The highest BCUT2D eigenvalue weighted by Crippen LogP contribution is 2.41. The molecule has 3 amide bonds. The summed E-state index contributed by atoms with van der Waals surface area (Å²) in [6, 6.07) is -5.95. The fraction of sp³-hybridized carbons (Fsp3) is 0.955. The van der Waals surface area contributed by atoms with Gasteiger partial charge in [0.25, 0.3) is 0 Å². The summed E-state index contributed by atoms with van der Waals surface area (Å²) in [4.78, 5) is 40.0. The molecule has 1 unspecified atom stereocenters. The highest BCUT2D eigenvalue weighted by molar-refractivity contribution is 5.74. The minimum Gasteiger partial charge on any atom is -0.394 e. The molecule has 0 aromatic heterocycles. The van der Waals surface area contributed by atoms with E-state index in [1.165, 1.54) is 13.8 Å². The van der Waals surface area contributed by atoms with Crippen LogP contribution in [0.15, 0.2) is 0 Å². The summed E-state index contributed by atoms with van der Waals surface area (Å²) in [5.74, 6) is -2.95. The summed E-state index contributed by atoms with van der Waals surface area (Å²) in [5.41, 5.74) is 0. The maximum Gasteiger partial charge on any atom is 0.217 e. The fourth-order valence-electron chi connectivity index (χ4n) is 15.4. The lowest BCUT2D eigenvalue weighted by molar-refractivity contribution is -0.396. The second-order valence-electron chi connectivity index (χ2n) is 30.2. The zero-order valence-electron chi connectivity index (χ0n) is 63.6.